The number of rotatable bonds is 4. The zero-order chi connectivity index (χ0) is 16.9. The van der Waals surface area contributed by atoms with Gasteiger partial charge in [0.25, 0.3) is 5.91 Å². The molecule has 0 atom stereocenters. The molecule has 5 nitrogen and oxygen atoms in total. The molecule has 0 aliphatic heterocycles. The van der Waals surface area contributed by atoms with Crippen LogP contribution in [0.25, 0.3) is 0 Å². The normalized spacial score (nSPS) is 15.1. The van der Waals surface area contributed by atoms with Gasteiger partial charge in [0.05, 0.1) is 0 Å². The molecule has 1 aliphatic carbocycles. The van der Waals surface area contributed by atoms with Crippen LogP contribution in [0.1, 0.15) is 48.3 Å². The molecule has 126 valence electrons. The number of hydrogen-bond acceptors (Lipinski definition) is 4. The lowest BCUT2D eigenvalue weighted by Gasteiger charge is -2.22. The molecule has 6 heteroatoms. The smallest absolute Gasteiger partial charge is 0.270 e. The highest BCUT2D eigenvalue weighted by Crippen LogP contribution is 2.19. The zero-order valence-corrected chi connectivity index (χ0v) is 14.4. The van der Waals surface area contributed by atoms with Gasteiger partial charge in [-0.25, -0.2) is 9.97 Å². The minimum Gasteiger partial charge on any atom is -0.348 e. The highest BCUT2D eigenvalue weighted by Gasteiger charge is 2.18. The number of halogens is 1. The molecule has 0 radical (unpaired) electrons. The van der Waals surface area contributed by atoms with E-state index >= 15 is 0 Å². The third-order valence-electron chi connectivity index (χ3n) is 4.13. The highest BCUT2D eigenvalue weighted by molar-refractivity contribution is 6.30. The summed E-state index contributed by atoms with van der Waals surface area (Å²) in [4.78, 5) is 21.2. The Morgan fingerprint density at radius 3 is 2.54 bits per heavy atom. The highest BCUT2D eigenvalue weighted by atomic mass is 35.5. The third kappa shape index (κ3) is 4.45. The maximum absolute atomic E-state index is 12.5. The Morgan fingerprint density at radius 2 is 1.83 bits per heavy atom. The average molecular weight is 345 g/mol. The first kappa shape index (κ1) is 16.7. The van der Waals surface area contributed by atoms with E-state index in [1.807, 2.05) is 19.1 Å². The van der Waals surface area contributed by atoms with E-state index in [4.69, 9.17) is 11.6 Å². The van der Waals surface area contributed by atoms with Crippen LogP contribution in [0.5, 0.6) is 0 Å². The number of anilines is 2. The van der Waals surface area contributed by atoms with Crippen molar-refractivity contribution in [3.63, 3.8) is 0 Å². The maximum Gasteiger partial charge on any atom is 0.270 e. The zero-order valence-electron chi connectivity index (χ0n) is 13.7. The first-order valence-electron chi connectivity index (χ1n) is 8.29. The molecule has 1 aromatic heterocycles. The molecular weight excluding hydrogens is 324 g/mol. The van der Waals surface area contributed by atoms with Gasteiger partial charge >= 0.3 is 0 Å². The van der Waals surface area contributed by atoms with Gasteiger partial charge in [-0.2, -0.15) is 0 Å². The Balaban J connectivity index is 1.72. The summed E-state index contributed by atoms with van der Waals surface area (Å²) in [5.41, 5.74) is 1.96. The van der Waals surface area contributed by atoms with Crippen molar-refractivity contribution < 1.29 is 4.79 Å². The van der Waals surface area contributed by atoms with Crippen molar-refractivity contribution in [1.29, 1.82) is 0 Å². The van der Waals surface area contributed by atoms with E-state index in [0.29, 0.717) is 16.7 Å². The molecule has 1 heterocycles. The summed E-state index contributed by atoms with van der Waals surface area (Å²) in [6.45, 7) is 1.85. The van der Waals surface area contributed by atoms with Crippen LogP contribution in [-0.4, -0.2) is 21.9 Å². The van der Waals surface area contributed by atoms with Crippen molar-refractivity contribution in [1.82, 2.24) is 15.3 Å². The first-order chi connectivity index (χ1) is 11.6. The number of nitrogens with one attached hydrogen (secondary N) is 2. The fourth-order valence-electron chi connectivity index (χ4n) is 2.91. The Kier molecular flexibility index (Phi) is 5.30. The number of amides is 1. The largest absolute Gasteiger partial charge is 0.348 e. The molecule has 0 saturated heterocycles. The average Bonchev–Trinajstić information content (AvgIpc) is 2.57. The molecule has 2 aromatic rings. The first-order valence-corrected chi connectivity index (χ1v) is 8.67. The quantitative estimate of drug-likeness (QED) is 0.870. The van der Waals surface area contributed by atoms with Crippen LogP contribution in [0.4, 0.5) is 11.6 Å². The lowest BCUT2D eigenvalue weighted by Crippen LogP contribution is -2.36. The molecule has 1 amide bonds. The van der Waals surface area contributed by atoms with Gasteiger partial charge in [-0.05, 0) is 50.1 Å². The number of aromatic nitrogens is 2. The van der Waals surface area contributed by atoms with Crippen LogP contribution in [0.2, 0.25) is 5.02 Å². The number of hydrogen-bond donors (Lipinski definition) is 2. The lowest BCUT2D eigenvalue weighted by molar-refractivity contribution is 0.0922. The third-order valence-corrected chi connectivity index (χ3v) is 4.38. The summed E-state index contributed by atoms with van der Waals surface area (Å²) in [6.07, 6.45) is 5.71. The van der Waals surface area contributed by atoms with Gasteiger partial charge in [0.15, 0.2) is 0 Å². The maximum atomic E-state index is 12.5. The molecular formula is C18H21ClN4O. The second kappa shape index (κ2) is 7.62. The summed E-state index contributed by atoms with van der Waals surface area (Å²) in [5, 5.41) is 6.86. The van der Waals surface area contributed by atoms with Crippen molar-refractivity contribution in [3.05, 3.63) is 46.7 Å². The molecule has 1 fully saturated rings. The van der Waals surface area contributed by atoms with Crippen molar-refractivity contribution in [2.45, 2.75) is 45.1 Å². The van der Waals surface area contributed by atoms with Gasteiger partial charge in [-0.15, -0.1) is 0 Å². The van der Waals surface area contributed by atoms with E-state index in [2.05, 4.69) is 20.6 Å². The lowest BCUT2D eigenvalue weighted by atomic mass is 9.95. The molecule has 1 saturated carbocycles. The minimum atomic E-state index is -0.133. The Hall–Kier alpha value is -2.14. The Morgan fingerprint density at radius 1 is 1.12 bits per heavy atom. The Labute approximate surface area is 146 Å². The van der Waals surface area contributed by atoms with E-state index in [-0.39, 0.29) is 11.9 Å². The standard InChI is InChI=1S/C18H21ClN4O/c1-12-11-16(17(24)21-14-5-3-2-4-6-14)23-18(20-12)22-15-9-7-13(19)8-10-15/h7-11,14H,2-6H2,1H3,(H,21,24)(H,20,22,23). The van der Waals surface area contributed by atoms with Crippen LogP contribution < -0.4 is 10.6 Å². The van der Waals surface area contributed by atoms with Crippen molar-refractivity contribution in [3.8, 4) is 0 Å². The van der Waals surface area contributed by atoms with Gasteiger partial charge in [0, 0.05) is 22.4 Å². The van der Waals surface area contributed by atoms with Crippen LogP contribution in [0, 0.1) is 6.92 Å². The summed E-state index contributed by atoms with van der Waals surface area (Å²) < 4.78 is 0. The van der Waals surface area contributed by atoms with E-state index in [0.717, 1.165) is 24.2 Å². The van der Waals surface area contributed by atoms with Gasteiger partial charge in [-0.3, -0.25) is 4.79 Å². The molecule has 1 aromatic carbocycles. The van der Waals surface area contributed by atoms with E-state index in [1.165, 1.54) is 19.3 Å². The summed E-state index contributed by atoms with van der Waals surface area (Å²) >= 11 is 5.89. The van der Waals surface area contributed by atoms with Crippen molar-refractivity contribution in [2.24, 2.45) is 0 Å². The van der Waals surface area contributed by atoms with Crippen LogP contribution >= 0.6 is 11.6 Å². The number of aryl methyl sites for hydroxylation is 1. The van der Waals surface area contributed by atoms with E-state index in [1.54, 1.807) is 18.2 Å². The van der Waals surface area contributed by atoms with Gasteiger partial charge in [0.1, 0.15) is 5.69 Å². The molecule has 0 bridgehead atoms. The van der Waals surface area contributed by atoms with E-state index < -0.39 is 0 Å². The Bertz CT molecular complexity index is 711. The van der Waals surface area contributed by atoms with Crippen LogP contribution in [-0.2, 0) is 0 Å². The summed E-state index contributed by atoms with van der Waals surface area (Å²) in [7, 11) is 0. The predicted octanol–water partition coefficient (Wildman–Crippen LogP) is 4.24. The summed E-state index contributed by atoms with van der Waals surface area (Å²) in [5.74, 6) is 0.276. The fraction of sp³-hybridized carbons (Fsp3) is 0.389. The second-order valence-corrected chi connectivity index (χ2v) is 6.59. The van der Waals surface area contributed by atoms with Gasteiger partial charge in [0.2, 0.25) is 5.95 Å². The SMILES string of the molecule is Cc1cc(C(=O)NC2CCCCC2)nc(Nc2ccc(Cl)cc2)n1. The molecule has 0 spiro atoms. The second-order valence-electron chi connectivity index (χ2n) is 6.16. The number of benzene rings is 1. The minimum absolute atomic E-state index is 0.133. The van der Waals surface area contributed by atoms with E-state index in [9.17, 15) is 4.79 Å². The van der Waals surface area contributed by atoms with Crippen molar-refractivity contribution >= 4 is 29.1 Å². The fourth-order valence-corrected chi connectivity index (χ4v) is 3.04. The molecule has 24 heavy (non-hydrogen) atoms. The molecule has 3 rings (SSSR count). The molecule has 0 unspecified atom stereocenters. The number of carbonyl (C=O) groups is 1. The van der Waals surface area contributed by atoms with Gasteiger partial charge < -0.3 is 10.6 Å². The topological polar surface area (TPSA) is 66.9 Å². The van der Waals surface area contributed by atoms with Crippen molar-refractivity contribution in [2.75, 3.05) is 5.32 Å². The number of carbonyl (C=O) groups excluding carboxylic acids is 1. The molecule has 1 aliphatic rings. The number of nitrogens with zero attached hydrogens (tertiary/aromatic N) is 2. The summed E-state index contributed by atoms with van der Waals surface area (Å²) in [6, 6.07) is 9.23. The van der Waals surface area contributed by atoms with Crippen LogP contribution in [0.3, 0.4) is 0 Å². The van der Waals surface area contributed by atoms with Gasteiger partial charge in [-0.1, -0.05) is 30.9 Å². The predicted molar refractivity (Wildman–Crippen MR) is 95.8 cm³/mol. The van der Waals surface area contributed by atoms with Crippen LogP contribution in [0.15, 0.2) is 30.3 Å². The molecule has 2 N–H and O–H groups in total. The monoisotopic (exact) mass is 344 g/mol.